The van der Waals surface area contributed by atoms with E-state index in [-0.39, 0.29) is 12.3 Å². The second-order valence-corrected chi connectivity index (χ2v) is 6.55. The number of thiophene rings is 1. The Bertz CT molecular complexity index is 537. The van der Waals surface area contributed by atoms with Gasteiger partial charge >= 0.3 is 0 Å². The number of aromatic nitrogens is 2. The molecule has 2 aromatic heterocycles. The van der Waals surface area contributed by atoms with Gasteiger partial charge < -0.3 is 0 Å². The molecule has 3 nitrogen and oxygen atoms in total. The summed E-state index contributed by atoms with van der Waals surface area (Å²) in [5.74, 6) is -0.0901. The average molecular weight is 387 g/mol. The summed E-state index contributed by atoms with van der Waals surface area (Å²) >= 11 is 15.0. The standard InChI is InChI=1S/C9H5Cl2IN2OS/c10-8-1-6(9(11)16-8)7(15)4-14-3-5(12)2-13-14/h1-3H,4H2. The van der Waals surface area contributed by atoms with Crippen molar-refractivity contribution in [2.45, 2.75) is 6.54 Å². The highest BCUT2D eigenvalue weighted by atomic mass is 127. The highest BCUT2D eigenvalue weighted by Crippen LogP contribution is 2.31. The molecule has 84 valence electrons. The molecule has 16 heavy (non-hydrogen) atoms. The van der Waals surface area contributed by atoms with E-state index < -0.39 is 0 Å². The fourth-order valence-corrected chi connectivity index (χ4v) is 3.13. The van der Waals surface area contributed by atoms with Crippen LogP contribution in [0.3, 0.4) is 0 Å². The fourth-order valence-electron chi connectivity index (χ4n) is 1.19. The molecule has 0 bridgehead atoms. The molecule has 0 fully saturated rings. The van der Waals surface area contributed by atoms with Gasteiger partial charge in [0.25, 0.3) is 0 Å². The number of ketones is 1. The van der Waals surface area contributed by atoms with Gasteiger partial charge in [-0.3, -0.25) is 9.48 Å². The van der Waals surface area contributed by atoms with Crippen LogP contribution in [-0.2, 0) is 6.54 Å². The Morgan fingerprint density at radius 3 is 2.81 bits per heavy atom. The van der Waals surface area contributed by atoms with Crippen LogP contribution in [0.2, 0.25) is 8.67 Å². The Balaban J connectivity index is 2.17. The van der Waals surface area contributed by atoms with Crippen molar-refractivity contribution >= 4 is 62.9 Å². The van der Waals surface area contributed by atoms with Crippen molar-refractivity contribution in [2.24, 2.45) is 0 Å². The lowest BCUT2D eigenvalue weighted by Crippen LogP contribution is -2.10. The third-order valence-corrected chi connectivity index (χ3v) is 3.91. The van der Waals surface area contributed by atoms with Crippen LogP contribution < -0.4 is 0 Å². The van der Waals surface area contributed by atoms with Gasteiger partial charge in [-0.1, -0.05) is 23.2 Å². The highest BCUT2D eigenvalue weighted by molar-refractivity contribution is 14.1. The molecule has 0 spiro atoms. The van der Waals surface area contributed by atoms with Crippen LogP contribution in [0.4, 0.5) is 0 Å². The number of hydrogen-bond acceptors (Lipinski definition) is 3. The monoisotopic (exact) mass is 386 g/mol. The zero-order valence-corrected chi connectivity index (χ0v) is 12.3. The van der Waals surface area contributed by atoms with E-state index in [1.165, 1.54) is 11.3 Å². The minimum atomic E-state index is -0.0901. The zero-order chi connectivity index (χ0) is 11.7. The summed E-state index contributed by atoms with van der Waals surface area (Å²) in [5.41, 5.74) is 0.460. The maximum absolute atomic E-state index is 11.9. The maximum atomic E-state index is 11.9. The number of Topliss-reactive ketones (excluding diaryl/α,β-unsaturated/α-hetero) is 1. The molecule has 0 unspecified atom stereocenters. The minimum Gasteiger partial charge on any atom is -0.292 e. The molecule has 0 aliphatic rings. The molecule has 0 aromatic carbocycles. The van der Waals surface area contributed by atoms with Gasteiger partial charge in [-0.2, -0.15) is 5.10 Å². The van der Waals surface area contributed by atoms with Crippen molar-refractivity contribution in [1.29, 1.82) is 0 Å². The first-order chi connectivity index (χ1) is 7.56. The third kappa shape index (κ3) is 2.77. The molecule has 0 N–H and O–H groups in total. The zero-order valence-electron chi connectivity index (χ0n) is 7.78. The molecule has 0 atom stereocenters. The summed E-state index contributed by atoms with van der Waals surface area (Å²) < 4.78 is 3.51. The summed E-state index contributed by atoms with van der Waals surface area (Å²) in [7, 11) is 0. The molecule has 0 saturated heterocycles. The first-order valence-corrected chi connectivity index (χ1v) is 6.87. The van der Waals surface area contributed by atoms with E-state index in [0.717, 1.165) is 3.57 Å². The Morgan fingerprint density at radius 1 is 1.56 bits per heavy atom. The van der Waals surface area contributed by atoms with E-state index in [4.69, 9.17) is 23.2 Å². The van der Waals surface area contributed by atoms with E-state index in [2.05, 4.69) is 27.7 Å². The molecule has 0 radical (unpaired) electrons. The smallest absolute Gasteiger partial charge is 0.186 e. The van der Waals surface area contributed by atoms with Crippen LogP contribution in [0.5, 0.6) is 0 Å². The Hall–Kier alpha value is -0.110. The number of hydrogen-bond donors (Lipinski definition) is 0. The summed E-state index contributed by atoms with van der Waals surface area (Å²) in [6.07, 6.45) is 3.48. The Kier molecular flexibility index (Phi) is 3.89. The van der Waals surface area contributed by atoms with Crippen LogP contribution in [0.25, 0.3) is 0 Å². The van der Waals surface area contributed by atoms with E-state index in [0.29, 0.717) is 14.2 Å². The van der Waals surface area contributed by atoms with E-state index in [1.807, 2.05) is 0 Å². The topological polar surface area (TPSA) is 34.9 Å². The second-order valence-electron chi connectivity index (χ2n) is 3.02. The van der Waals surface area contributed by atoms with Crippen molar-refractivity contribution in [3.63, 3.8) is 0 Å². The predicted molar refractivity (Wildman–Crippen MR) is 73.6 cm³/mol. The van der Waals surface area contributed by atoms with Gasteiger partial charge in [0.2, 0.25) is 0 Å². The Morgan fingerprint density at radius 2 is 2.31 bits per heavy atom. The van der Waals surface area contributed by atoms with Crippen LogP contribution in [0.15, 0.2) is 18.5 Å². The molecule has 0 amide bonds. The summed E-state index contributed by atoms with van der Waals surface area (Å²) in [6.45, 7) is 0.176. The number of rotatable bonds is 3. The lowest BCUT2D eigenvalue weighted by Gasteiger charge is -1.99. The third-order valence-electron chi connectivity index (χ3n) is 1.86. The summed E-state index contributed by atoms with van der Waals surface area (Å²) in [5, 5.41) is 4.03. The lowest BCUT2D eigenvalue weighted by molar-refractivity contribution is 0.0968. The second kappa shape index (κ2) is 5.03. The van der Waals surface area contributed by atoms with Gasteiger partial charge in [0.05, 0.1) is 19.7 Å². The molecule has 0 aliphatic heterocycles. The van der Waals surface area contributed by atoms with E-state index in [1.54, 1.807) is 23.1 Å². The van der Waals surface area contributed by atoms with Gasteiger partial charge in [0.15, 0.2) is 5.78 Å². The van der Waals surface area contributed by atoms with Gasteiger partial charge in [0.1, 0.15) is 10.9 Å². The molecule has 2 rings (SSSR count). The number of nitrogens with zero attached hydrogens (tertiary/aromatic N) is 2. The molecule has 0 saturated carbocycles. The van der Waals surface area contributed by atoms with Crippen molar-refractivity contribution < 1.29 is 4.79 Å². The Labute approximate surface area is 119 Å². The summed E-state index contributed by atoms with van der Waals surface area (Å²) in [6, 6.07) is 1.59. The quantitative estimate of drug-likeness (QED) is 0.595. The molecular formula is C9H5Cl2IN2OS. The van der Waals surface area contributed by atoms with Crippen molar-refractivity contribution in [2.75, 3.05) is 0 Å². The van der Waals surface area contributed by atoms with Crippen molar-refractivity contribution in [3.05, 3.63) is 36.3 Å². The molecule has 7 heteroatoms. The van der Waals surface area contributed by atoms with Crippen LogP contribution in [0, 0.1) is 3.57 Å². The molecule has 2 aromatic rings. The highest BCUT2D eigenvalue weighted by Gasteiger charge is 2.14. The van der Waals surface area contributed by atoms with Crippen LogP contribution in [-0.4, -0.2) is 15.6 Å². The lowest BCUT2D eigenvalue weighted by atomic mass is 10.2. The predicted octanol–water partition coefficient (Wildman–Crippen LogP) is 3.74. The van der Waals surface area contributed by atoms with Gasteiger partial charge in [0, 0.05) is 6.20 Å². The normalized spacial score (nSPS) is 10.7. The maximum Gasteiger partial charge on any atom is 0.186 e. The molecule has 2 heterocycles. The number of carbonyl (C=O) groups is 1. The number of halogens is 3. The average Bonchev–Trinajstić information content (AvgIpc) is 2.73. The van der Waals surface area contributed by atoms with Crippen molar-refractivity contribution in [1.82, 2.24) is 9.78 Å². The van der Waals surface area contributed by atoms with Crippen LogP contribution >= 0.6 is 57.1 Å². The van der Waals surface area contributed by atoms with Gasteiger partial charge in [-0.15, -0.1) is 11.3 Å². The summed E-state index contributed by atoms with van der Waals surface area (Å²) in [4.78, 5) is 11.9. The first-order valence-electron chi connectivity index (χ1n) is 4.22. The largest absolute Gasteiger partial charge is 0.292 e. The fraction of sp³-hybridized carbons (Fsp3) is 0.111. The van der Waals surface area contributed by atoms with Crippen LogP contribution in [0.1, 0.15) is 10.4 Å². The van der Waals surface area contributed by atoms with Crippen molar-refractivity contribution in [3.8, 4) is 0 Å². The van der Waals surface area contributed by atoms with E-state index in [9.17, 15) is 4.79 Å². The first kappa shape index (κ1) is 12.3. The minimum absolute atomic E-state index is 0.0901. The molecule has 0 aliphatic carbocycles. The van der Waals surface area contributed by atoms with Gasteiger partial charge in [-0.05, 0) is 28.7 Å². The van der Waals surface area contributed by atoms with E-state index >= 15 is 0 Å². The number of carbonyl (C=O) groups excluding carboxylic acids is 1. The SMILES string of the molecule is O=C(Cn1cc(I)cn1)c1cc(Cl)sc1Cl. The molecular weight excluding hydrogens is 382 g/mol. The van der Waals surface area contributed by atoms with Gasteiger partial charge in [-0.25, -0.2) is 0 Å².